The molecular formula is C16H14ClF2NO2S. The topological polar surface area (TPSA) is 37.4 Å². The monoisotopic (exact) mass is 357 g/mol. The Hall–Kier alpha value is -1.50. The Bertz CT molecular complexity index is 820. The smallest absolute Gasteiger partial charge is 0.207 e. The van der Waals surface area contributed by atoms with Crippen molar-refractivity contribution in [3.8, 4) is 0 Å². The number of rotatable bonds is 5. The molecule has 0 atom stereocenters. The first-order valence-corrected chi connectivity index (χ1v) is 8.91. The Morgan fingerprint density at radius 3 is 2.30 bits per heavy atom. The fourth-order valence-electron chi connectivity index (χ4n) is 2.32. The molecule has 1 fully saturated rings. The molecule has 0 radical (unpaired) electrons. The van der Waals surface area contributed by atoms with E-state index < -0.39 is 15.8 Å². The standard InChI is InChI=1S/C16H14ClF2NO2S/c17-15-9-14(7-8-16(15)19)23(21,22)20(13-5-6-13)10-11-1-3-12(18)4-2-11/h1-4,7-9,13H,5-6,10H2. The van der Waals surface area contributed by atoms with E-state index in [1.54, 1.807) is 12.1 Å². The van der Waals surface area contributed by atoms with Gasteiger partial charge in [0.2, 0.25) is 10.0 Å². The van der Waals surface area contributed by atoms with Gasteiger partial charge in [-0.3, -0.25) is 0 Å². The van der Waals surface area contributed by atoms with E-state index >= 15 is 0 Å². The summed E-state index contributed by atoms with van der Waals surface area (Å²) in [5, 5.41) is -0.233. The van der Waals surface area contributed by atoms with E-state index in [4.69, 9.17) is 11.6 Å². The van der Waals surface area contributed by atoms with Crippen LogP contribution in [0.25, 0.3) is 0 Å². The van der Waals surface area contributed by atoms with Gasteiger partial charge in [-0.15, -0.1) is 0 Å². The summed E-state index contributed by atoms with van der Waals surface area (Å²) in [5.41, 5.74) is 0.690. The number of halogens is 3. The highest BCUT2D eigenvalue weighted by atomic mass is 35.5. The summed E-state index contributed by atoms with van der Waals surface area (Å²) < 4.78 is 53.3. The van der Waals surface area contributed by atoms with Gasteiger partial charge in [0.1, 0.15) is 11.6 Å². The van der Waals surface area contributed by atoms with Crippen LogP contribution in [0.15, 0.2) is 47.4 Å². The minimum atomic E-state index is -3.80. The highest BCUT2D eigenvalue weighted by molar-refractivity contribution is 7.89. The van der Waals surface area contributed by atoms with Crippen molar-refractivity contribution in [3.05, 3.63) is 64.7 Å². The molecule has 0 saturated heterocycles. The fraction of sp³-hybridized carbons (Fsp3) is 0.250. The quantitative estimate of drug-likeness (QED) is 0.812. The molecule has 1 saturated carbocycles. The maximum absolute atomic E-state index is 13.3. The first-order chi connectivity index (χ1) is 10.9. The molecule has 1 aliphatic rings. The molecule has 0 heterocycles. The van der Waals surface area contributed by atoms with Gasteiger partial charge in [-0.2, -0.15) is 4.31 Å². The van der Waals surface area contributed by atoms with E-state index in [2.05, 4.69) is 0 Å². The van der Waals surface area contributed by atoms with Crippen molar-refractivity contribution in [2.45, 2.75) is 30.3 Å². The number of hydrogen-bond donors (Lipinski definition) is 0. The first kappa shape index (κ1) is 16.4. The lowest BCUT2D eigenvalue weighted by Crippen LogP contribution is -2.32. The van der Waals surface area contributed by atoms with Crippen LogP contribution in [0.4, 0.5) is 8.78 Å². The van der Waals surface area contributed by atoms with Crippen LogP contribution < -0.4 is 0 Å². The van der Waals surface area contributed by atoms with Crippen LogP contribution in [0.2, 0.25) is 5.02 Å². The second kappa shape index (κ2) is 6.19. The second-order valence-corrected chi connectivity index (χ2v) is 7.78. The van der Waals surface area contributed by atoms with E-state index in [1.165, 1.54) is 22.5 Å². The minimum absolute atomic E-state index is 0.0436. The Kier molecular flexibility index (Phi) is 4.40. The van der Waals surface area contributed by atoms with Gasteiger partial charge in [0.25, 0.3) is 0 Å². The van der Waals surface area contributed by atoms with Crippen molar-refractivity contribution in [2.24, 2.45) is 0 Å². The Balaban J connectivity index is 1.93. The molecule has 0 bridgehead atoms. The van der Waals surface area contributed by atoms with Crippen LogP contribution in [-0.2, 0) is 16.6 Å². The van der Waals surface area contributed by atoms with Gasteiger partial charge >= 0.3 is 0 Å². The summed E-state index contributed by atoms with van der Waals surface area (Å²) >= 11 is 5.70. The lowest BCUT2D eigenvalue weighted by atomic mass is 10.2. The van der Waals surface area contributed by atoms with E-state index in [9.17, 15) is 17.2 Å². The van der Waals surface area contributed by atoms with Gasteiger partial charge in [0.15, 0.2) is 0 Å². The molecule has 1 aliphatic carbocycles. The molecule has 0 aromatic heterocycles. The molecule has 122 valence electrons. The van der Waals surface area contributed by atoms with Gasteiger partial charge in [-0.25, -0.2) is 17.2 Å². The third-order valence-electron chi connectivity index (χ3n) is 3.70. The van der Waals surface area contributed by atoms with E-state index in [1.807, 2.05) is 0 Å². The van der Waals surface area contributed by atoms with Crippen LogP contribution in [0.3, 0.4) is 0 Å². The molecule has 3 rings (SSSR count). The van der Waals surface area contributed by atoms with Gasteiger partial charge in [-0.05, 0) is 48.7 Å². The third kappa shape index (κ3) is 3.54. The average Bonchev–Trinajstić information content (AvgIpc) is 3.33. The van der Waals surface area contributed by atoms with Crippen LogP contribution in [0.5, 0.6) is 0 Å². The predicted molar refractivity (Wildman–Crippen MR) is 83.6 cm³/mol. The van der Waals surface area contributed by atoms with Gasteiger partial charge in [-0.1, -0.05) is 23.7 Å². The average molecular weight is 358 g/mol. The minimum Gasteiger partial charge on any atom is -0.207 e. The lowest BCUT2D eigenvalue weighted by Gasteiger charge is -2.22. The lowest BCUT2D eigenvalue weighted by molar-refractivity contribution is 0.398. The molecule has 2 aromatic rings. The van der Waals surface area contributed by atoms with Crippen molar-refractivity contribution >= 4 is 21.6 Å². The summed E-state index contributed by atoms with van der Waals surface area (Å²) in [5.74, 6) is -1.04. The summed E-state index contributed by atoms with van der Waals surface area (Å²) in [4.78, 5) is -0.0436. The summed E-state index contributed by atoms with van der Waals surface area (Å²) in [7, 11) is -3.80. The van der Waals surface area contributed by atoms with E-state index in [0.717, 1.165) is 25.0 Å². The molecule has 7 heteroatoms. The SMILES string of the molecule is O=S(=O)(c1ccc(F)c(Cl)c1)N(Cc1ccc(F)cc1)C1CC1. The number of sulfonamides is 1. The summed E-state index contributed by atoms with van der Waals surface area (Å²) in [6.45, 7) is 0.141. The van der Waals surface area contributed by atoms with Gasteiger partial charge in [0.05, 0.1) is 9.92 Å². The van der Waals surface area contributed by atoms with Gasteiger partial charge < -0.3 is 0 Å². The number of benzene rings is 2. The Morgan fingerprint density at radius 1 is 1.09 bits per heavy atom. The molecule has 0 amide bonds. The van der Waals surface area contributed by atoms with E-state index in [0.29, 0.717) is 5.56 Å². The predicted octanol–water partition coefficient (Wildman–Crippen LogP) is 3.97. The maximum Gasteiger partial charge on any atom is 0.243 e. The summed E-state index contributed by atoms with van der Waals surface area (Å²) in [6.07, 6.45) is 1.55. The molecule has 0 spiro atoms. The Morgan fingerprint density at radius 2 is 1.74 bits per heavy atom. The number of hydrogen-bond acceptors (Lipinski definition) is 2. The van der Waals surface area contributed by atoms with Crippen molar-refractivity contribution in [1.29, 1.82) is 0 Å². The highest BCUT2D eigenvalue weighted by Crippen LogP contribution is 2.34. The van der Waals surface area contributed by atoms with Crippen molar-refractivity contribution in [3.63, 3.8) is 0 Å². The third-order valence-corrected chi connectivity index (χ3v) is 5.89. The van der Waals surface area contributed by atoms with Crippen LogP contribution in [0.1, 0.15) is 18.4 Å². The van der Waals surface area contributed by atoms with Crippen molar-refractivity contribution < 1.29 is 17.2 Å². The second-order valence-electron chi connectivity index (χ2n) is 5.48. The van der Waals surface area contributed by atoms with Crippen LogP contribution in [0, 0.1) is 11.6 Å². The van der Waals surface area contributed by atoms with Crippen molar-refractivity contribution in [2.75, 3.05) is 0 Å². The zero-order valence-electron chi connectivity index (χ0n) is 12.0. The molecule has 0 N–H and O–H groups in total. The molecular weight excluding hydrogens is 344 g/mol. The molecule has 0 unspecified atom stereocenters. The molecule has 0 aliphatic heterocycles. The largest absolute Gasteiger partial charge is 0.243 e. The molecule has 3 nitrogen and oxygen atoms in total. The Labute approximate surface area is 138 Å². The van der Waals surface area contributed by atoms with Crippen LogP contribution >= 0.6 is 11.6 Å². The van der Waals surface area contributed by atoms with Crippen LogP contribution in [-0.4, -0.2) is 18.8 Å². The normalized spacial score (nSPS) is 15.1. The maximum atomic E-state index is 13.3. The summed E-state index contributed by atoms with van der Waals surface area (Å²) in [6, 6.07) is 8.97. The first-order valence-electron chi connectivity index (χ1n) is 7.09. The molecule has 2 aromatic carbocycles. The van der Waals surface area contributed by atoms with E-state index in [-0.39, 0.29) is 28.3 Å². The zero-order chi connectivity index (χ0) is 16.6. The number of nitrogens with zero attached hydrogens (tertiary/aromatic N) is 1. The fourth-order valence-corrected chi connectivity index (χ4v) is 4.26. The van der Waals surface area contributed by atoms with Gasteiger partial charge in [0, 0.05) is 12.6 Å². The van der Waals surface area contributed by atoms with Crippen molar-refractivity contribution in [1.82, 2.24) is 4.31 Å². The zero-order valence-corrected chi connectivity index (χ0v) is 13.6. The molecule has 23 heavy (non-hydrogen) atoms. The highest BCUT2D eigenvalue weighted by Gasteiger charge is 2.38.